The lowest BCUT2D eigenvalue weighted by atomic mass is 10.1. The molecular weight excluding hydrogens is 274 g/mol. The molecule has 1 aromatic carbocycles. The minimum Gasteiger partial charge on any atom is -0.323 e. The number of benzene rings is 1. The highest BCUT2D eigenvalue weighted by molar-refractivity contribution is 7.99. The SMILES string of the molecule is CC[C@@H](N)c1ccc(Sc2ccccc2[N+](=O)[O-])cn1. The number of nitrogens with two attached hydrogens (primary N) is 1. The molecule has 0 aliphatic carbocycles. The summed E-state index contributed by atoms with van der Waals surface area (Å²) >= 11 is 1.33. The molecule has 0 aliphatic rings. The summed E-state index contributed by atoms with van der Waals surface area (Å²) in [6.45, 7) is 2.00. The van der Waals surface area contributed by atoms with Gasteiger partial charge in [0.15, 0.2) is 0 Å². The molecule has 20 heavy (non-hydrogen) atoms. The third kappa shape index (κ3) is 3.34. The summed E-state index contributed by atoms with van der Waals surface area (Å²) in [4.78, 5) is 16.3. The van der Waals surface area contributed by atoms with Gasteiger partial charge in [-0.05, 0) is 24.6 Å². The van der Waals surface area contributed by atoms with Crippen molar-refractivity contribution in [1.82, 2.24) is 4.98 Å². The van der Waals surface area contributed by atoms with Crippen molar-refractivity contribution < 1.29 is 4.92 Å². The molecule has 0 fully saturated rings. The van der Waals surface area contributed by atoms with Crippen LogP contribution in [0.2, 0.25) is 0 Å². The van der Waals surface area contributed by atoms with Gasteiger partial charge in [0, 0.05) is 23.2 Å². The fraction of sp³-hybridized carbons (Fsp3) is 0.214. The Labute approximate surface area is 121 Å². The molecule has 0 unspecified atom stereocenters. The molecule has 1 aromatic heterocycles. The van der Waals surface area contributed by atoms with E-state index < -0.39 is 0 Å². The Bertz CT molecular complexity index is 602. The predicted octanol–water partition coefficient (Wildman–Crippen LogP) is 3.55. The van der Waals surface area contributed by atoms with Crippen LogP contribution in [0, 0.1) is 10.1 Å². The molecule has 0 amide bonds. The first-order valence-corrected chi connectivity index (χ1v) is 7.06. The first-order chi connectivity index (χ1) is 9.61. The van der Waals surface area contributed by atoms with Crippen molar-refractivity contribution in [2.75, 3.05) is 0 Å². The Morgan fingerprint density at radius 3 is 2.70 bits per heavy atom. The van der Waals surface area contributed by atoms with E-state index in [1.165, 1.54) is 17.8 Å². The lowest BCUT2D eigenvalue weighted by Gasteiger charge is -2.08. The van der Waals surface area contributed by atoms with E-state index in [9.17, 15) is 10.1 Å². The van der Waals surface area contributed by atoms with Gasteiger partial charge < -0.3 is 5.73 Å². The van der Waals surface area contributed by atoms with Crippen molar-refractivity contribution in [1.29, 1.82) is 0 Å². The highest BCUT2D eigenvalue weighted by Gasteiger charge is 2.13. The van der Waals surface area contributed by atoms with Gasteiger partial charge >= 0.3 is 0 Å². The topological polar surface area (TPSA) is 82.0 Å². The van der Waals surface area contributed by atoms with Gasteiger partial charge in [0.05, 0.1) is 15.5 Å². The molecule has 0 saturated heterocycles. The Kier molecular flexibility index (Phi) is 4.70. The number of nitro groups is 1. The lowest BCUT2D eigenvalue weighted by Crippen LogP contribution is -2.10. The van der Waals surface area contributed by atoms with Crippen LogP contribution < -0.4 is 5.73 Å². The largest absolute Gasteiger partial charge is 0.323 e. The molecule has 0 spiro atoms. The lowest BCUT2D eigenvalue weighted by molar-refractivity contribution is -0.387. The van der Waals surface area contributed by atoms with E-state index in [0.29, 0.717) is 4.90 Å². The standard InChI is InChI=1S/C14H15N3O2S/c1-2-11(15)12-8-7-10(9-16-12)20-14-6-4-3-5-13(14)17(18)19/h3-9,11H,2,15H2,1H3/t11-/m1/s1. The van der Waals surface area contributed by atoms with Gasteiger partial charge in [0.2, 0.25) is 0 Å². The summed E-state index contributed by atoms with van der Waals surface area (Å²) in [6.07, 6.45) is 2.52. The van der Waals surface area contributed by atoms with Crippen LogP contribution in [-0.4, -0.2) is 9.91 Å². The molecule has 0 bridgehead atoms. The van der Waals surface area contributed by atoms with E-state index in [-0.39, 0.29) is 16.7 Å². The van der Waals surface area contributed by atoms with Gasteiger partial charge in [-0.1, -0.05) is 30.8 Å². The molecule has 2 rings (SSSR count). The van der Waals surface area contributed by atoms with Crippen LogP contribution in [0.3, 0.4) is 0 Å². The zero-order chi connectivity index (χ0) is 14.5. The van der Waals surface area contributed by atoms with E-state index in [4.69, 9.17) is 5.73 Å². The van der Waals surface area contributed by atoms with Gasteiger partial charge in [-0.3, -0.25) is 15.1 Å². The molecule has 0 radical (unpaired) electrons. The van der Waals surface area contributed by atoms with Crippen molar-refractivity contribution in [3.05, 3.63) is 58.4 Å². The van der Waals surface area contributed by atoms with E-state index in [1.54, 1.807) is 24.4 Å². The van der Waals surface area contributed by atoms with Gasteiger partial charge in [-0.2, -0.15) is 0 Å². The summed E-state index contributed by atoms with van der Waals surface area (Å²) in [5.74, 6) is 0. The van der Waals surface area contributed by atoms with E-state index in [1.807, 2.05) is 19.1 Å². The van der Waals surface area contributed by atoms with E-state index >= 15 is 0 Å². The van der Waals surface area contributed by atoms with Crippen molar-refractivity contribution in [2.45, 2.75) is 29.2 Å². The Balaban J connectivity index is 2.20. The smallest absolute Gasteiger partial charge is 0.283 e. The van der Waals surface area contributed by atoms with Crippen LogP contribution in [0.15, 0.2) is 52.4 Å². The average Bonchev–Trinajstić information content (AvgIpc) is 2.47. The molecule has 104 valence electrons. The van der Waals surface area contributed by atoms with Crippen LogP contribution in [-0.2, 0) is 0 Å². The summed E-state index contributed by atoms with van der Waals surface area (Å²) < 4.78 is 0. The summed E-state index contributed by atoms with van der Waals surface area (Å²) in [7, 11) is 0. The minimum atomic E-state index is -0.378. The third-order valence-corrected chi connectivity index (χ3v) is 3.91. The average molecular weight is 289 g/mol. The van der Waals surface area contributed by atoms with Crippen LogP contribution >= 0.6 is 11.8 Å². The van der Waals surface area contributed by atoms with Crippen LogP contribution in [0.4, 0.5) is 5.69 Å². The first kappa shape index (κ1) is 14.5. The summed E-state index contributed by atoms with van der Waals surface area (Å²) in [5, 5.41) is 11.0. The normalized spacial score (nSPS) is 12.1. The van der Waals surface area contributed by atoms with Crippen molar-refractivity contribution >= 4 is 17.4 Å². The summed E-state index contributed by atoms with van der Waals surface area (Å²) in [5.41, 5.74) is 6.84. The molecule has 1 heterocycles. The number of nitrogens with zero attached hydrogens (tertiary/aromatic N) is 2. The Morgan fingerprint density at radius 2 is 2.10 bits per heavy atom. The molecule has 0 aliphatic heterocycles. The molecule has 6 heteroatoms. The van der Waals surface area contributed by atoms with Gasteiger partial charge in [-0.25, -0.2) is 0 Å². The number of aromatic nitrogens is 1. The second kappa shape index (κ2) is 6.49. The first-order valence-electron chi connectivity index (χ1n) is 6.24. The third-order valence-electron chi connectivity index (χ3n) is 2.87. The summed E-state index contributed by atoms with van der Waals surface area (Å²) in [6, 6.07) is 10.4. The number of rotatable bonds is 5. The highest BCUT2D eigenvalue weighted by atomic mass is 32.2. The van der Waals surface area contributed by atoms with Crippen LogP contribution in [0.25, 0.3) is 0 Å². The molecule has 5 nitrogen and oxygen atoms in total. The Morgan fingerprint density at radius 1 is 1.35 bits per heavy atom. The van der Waals surface area contributed by atoms with Gasteiger partial charge in [0.1, 0.15) is 0 Å². The number of nitro benzene ring substituents is 1. The maximum atomic E-state index is 11.0. The van der Waals surface area contributed by atoms with Gasteiger partial charge in [0.25, 0.3) is 5.69 Å². The van der Waals surface area contributed by atoms with Gasteiger partial charge in [-0.15, -0.1) is 0 Å². The van der Waals surface area contributed by atoms with Crippen LogP contribution in [0.1, 0.15) is 25.1 Å². The zero-order valence-corrected chi connectivity index (χ0v) is 11.8. The molecule has 0 saturated carbocycles. The second-order valence-corrected chi connectivity index (χ2v) is 5.38. The molecule has 1 atom stereocenters. The highest BCUT2D eigenvalue weighted by Crippen LogP contribution is 2.34. The fourth-order valence-electron chi connectivity index (χ4n) is 1.70. The fourth-order valence-corrected chi connectivity index (χ4v) is 2.59. The maximum absolute atomic E-state index is 11.0. The van der Waals surface area contributed by atoms with E-state index in [2.05, 4.69) is 4.98 Å². The number of para-hydroxylation sites is 1. The van der Waals surface area contributed by atoms with E-state index in [0.717, 1.165) is 17.0 Å². The Hall–Kier alpha value is -1.92. The van der Waals surface area contributed by atoms with Crippen molar-refractivity contribution in [2.24, 2.45) is 5.73 Å². The number of hydrogen-bond donors (Lipinski definition) is 1. The van der Waals surface area contributed by atoms with Crippen LogP contribution in [0.5, 0.6) is 0 Å². The number of hydrogen-bond acceptors (Lipinski definition) is 5. The quantitative estimate of drug-likeness (QED) is 0.672. The second-order valence-electron chi connectivity index (χ2n) is 4.26. The number of pyridine rings is 1. The predicted molar refractivity (Wildman–Crippen MR) is 78.7 cm³/mol. The monoisotopic (exact) mass is 289 g/mol. The zero-order valence-electron chi connectivity index (χ0n) is 11.0. The molecule has 2 N–H and O–H groups in total. The minimum absolute atomic E-state index is 0.0693. The van der Waals surface area contributed by atoms with Crippen molar-refractivity contribution in [3.63, 3.8) is 0 Å². The maximum Gasteiger partial charge on any atom is 0.283 e. The molecular formula is C14H15N3O2S. The molecule has 2 aromatic rings. The van der Waals surface area contributed by atoms with Crippen molar-refractivity contribution in [3.8, 4) is 0 Å².